The molecule has 2 fully saturated rings. The van der Waals surface area contributed by atoms with Crippen molar-refractivity contribution in [1.82, 2.24) is 9.30 Å². The number of halogens is 4. The molecule has 3 aliphatic rings. The Morgan fingerprint density at radius 3 is 2.53 bits per heavy atom. The highest BCUT2D eigenvalue weighted by Crippen LogP contribution is 2.49. The topological polar surface area (TPSA) is 99.6 Å². The van der Waals surface area contributed by atoms with Crippen LogP contribution in [0.2, 0.25) is 0 Å². The molecule has 2 aromatic rings. The lowest BCUT2D eigenvalue weighted by Crippen LogP contribution is -2.49. The summed E-state index contributed by atoms with van der Waals surface area (Å²) in [5, 5.41) is -0.339. The first kappa shape index (κ1) is 19.4. The summed E-state index contributed by atoms with van der Waals surface area (Å²) in [5.41, 5.74) is 3.76. The maximum atomic E-state index is 15.1. The van der Waals surface area contributed by atoms with Gasteiger partial charge in [-0.1, -0.05) is 4.73 Å². The monoisotopic (exact) mass is 446 g/mol. The molecule has 3 atom stereocenters. The Balaban J connectivity index is 1.69. The van der Waals surface area contributed by atoms with E-state index >= 15 is 4.39 Å². The predicted molar refractivity (Wildman–Crippen MR) is 98.0 cm³/mol. The minimum absolute atomic E-state index is 0.0536. The molecule has 1 saturated carbocycles. The largest absolute Gasteiger partial charge is 0.493 e. The van der Waals surface area contributed by atoms with Gasteiger partial charge in [0.05, 0.1) is 21.5 Å². The zero-order chi connectivity index (χ0) is 21.5. The fraction of sp³-hybridized carbons (Fsp3) is 0.471. The number of nitrogens with two attached hydrogens (primary N) is 1. The number of hydrogen-bond donors (Lipinski definition) is 1. The summed E-state index contributed by atoms with van der Waals surface area (Å²) in [4.78, 5) is 42.7. The van der Waals surface area contributed by atoms with Crippen molar-refractivity contribution < 1.29 is 27.2 Å². The second kappa shape index (κ2) is 6.23. The summed E-state index contributed by atoms with van der Waals surface area (Å²) in [6.07, 6.45) is -5.41. The van der Waals surface area contributed by atoms with E-state index in [0.717, 1.165) is 10.6 Å². The van der Waals surface area contributed by atoms with Crippen molar-refractivity contribution in [2.24, 2.45) is 17.6 Å². The van der Waals surface area contributed by atoms with Gasteiger partial charge in [0, 0.05) is 31.4 Å². The predicted octanol–water partition coefficient (Wildman–Crippen LogP) is 0.319. The zero-order valence-electron chi connectivity index (χ0n) is 15.1. The van der Waals surface area contributed by atoms with Crippen LogP contribution in [0, 0.1) is 17.7 Å². The molecule has 160 valence electrons. The summed E-state index contributed by atoms with van der Waals surface area (Å²) in [6.45, 7) is 1.15. The second-order valence-corrected chi connectivity index (χ2v) is 8.61. The van der Waals surface area contributed by atoms with Crippen molar-refractivity contribution in [2.45, 2.75) is 23.7 Å². The zero-order valence-corrected chi connectivity index (χ0v) is 15.9. The summed E-state index contributed by atoms with van der Waals surface area (Å²) >= 11 is 1.26. The van der Waals surface area contributed by atoms with Crippen molar-refractivity contribution in [3.8, 4) is 0 Å². The minimum atomic E-state index is -5.41. The molecule has 1 aromatic heterocycles. The maximum absolute atomic E-state index is 15.1. The number of anilines is 1. The maximum Gasteiger partial charge on any atom is 0.493 e. The SMILES string of the molecule is NC1[C@H]2CN(c3c(F)cc4c(=O)n(OC(=O)C(F)(F)F)c(=O)n5c4c3SCC5)C[C@@H]12. The van der Waals surface area contributed by atoms with Crippen LogP contribution in [0.3, 0.4) is 0 Å². The number of fused-ring (bicyclic) bond motifs is 1. The van der Waals surface area contributed by atoms with E-state index in [4.69, 9.17) is 5.73 Å². The highest BCUT2D eigenvalue weighted by atomic mass is 32.2. The van der Waals surface area contributed by atoms with E-state index in [9.17, 15) is 27.6 Å². The van der Waals surface area contributed by atoms with Crippen molar-refractivity contribution >= 4 is 34.3 Å². The number of rotatable bonds is 2. The normalized spacial score (nSPS) is 24.8. The van der Waals surface area contributed by atoms with E-state index in [1.165, 1.54) is 11.8 Å². The number of carbonyl (C=O) groups is 1. The summed E-state index contributed by atoms with van der Waals surface area (Å²) in [7, 11) is 0. The Morgan fingerprint density at radius 1 is 1.23 bits per heavy atom. The van der Waals surface area contributed by atoms with Gasteiger partial charge in [-0.25, -0.2) is 14.0 Å². The van der Waals surface area contributed by atoms with Gasteiger partial charge < -0.3 is 15.5 Å². The molecule has 1 aromatic carbocycles. The molecule has 1 saturated heterocycles. The average Bonchev–Trinajstić information content (AvgIpc) is 3.09. The number of thioether (sulfide) groups is 1. The van der Waals surface area contributed by atoms with E-state index in [-0.39, 0.29) is 45.7 Å². The molecular weight excluding hydrogens is 432 g/mol. The second-order valence-electron chi connectivity index (χ2n) is 7.50. The summed E-state index contributed by atoms with van der Waals surface area (Å²) < 4.78 is 53.5. The number of alkyl halides is 3. The van der Waals surface area contributed by atoms with Gasteiger partial charge in [0.25, 0.3) is 5.56 Å². The molecule has 0 spiro atoms. The van der Waals surface area contributed by atoms with Crippen molar-refractivity contribution in [3.63, 3.8) is 0 Å². The van der Waals surface area contributed by atoms with Gasteiger partial charge in [0.1, 0.15) is 5.82 Å². The molecule has 2 N–H and O–H groups in total. The molecule has 8 nitrogen and oxygen atoms in total. The van der Waals surface area contributed by atoms with Crippen LogP contribution >= 0.6 is 11.8 Å². The average molecular weight is 446 g/mol. The highest BCUT2D eigenvalue weighted by Gasteiger charge is 2.54. The highest BCUT2D eigenvalue weighted by molar-refractivity contribution is 7.99. The standard InChI is InChI=1S/C17H14F4N4O4S/c18-9-3-6-11-13(12(9)23-4-7-8(5-23)10(7)22)30-2-1-24(11)16(28)25(14(6)26)29-15(27)17(19,20)21/h3,7-8,10H,1-2,4-5,22H2/t7-,8+,10?. The van der Waals surface area contributed by atoms with Crippen LogP contribution in [-0.4, -0.2) is 46.3 Å². The van der Waals surface area contributed by atoms with E-state index in [2.05, 4.69) is 4.84 Å². The number of aryl methyl sites for hydroxylation is 1. The first-order valence-electron chi connectivity index (χ1n) is 9.04. The van der Waals surface area contributed by atoms with Gasteiger partial charge in [-0.05, 0) is 17.9 Å². The Hall–Kier alpha value is -2.54. The molecule has 0 radical (unpaired) electrons. The molecule has 30 heavy (non-hydrogen) atoms. The Kier molecular flexibility index (Phi) is 4.04. The molecule has 1 aliphatic carbocycles. The smallest absolute Gasteiger partial charge is 0.367 e. The Labute approximate surface area is 169 Å². The molecule has 13 heteroatoms. The fourth-order valence-corrected chi connectivity index (χ4v) is 5.48. The van der Waals surface area contributed by atoms with E-state index in [0.29, 0.717) is 23.7 Å². The number of hydrogen-bond acceptors (Lipinski definition) is 7. The Bertz CT molecular complexity index is 1210. The van der Waals surface area contributed by atoms with Crippen LogP contribution in [0.5, 0.6) is 0 Å². The number of aromatic nitrogens is 2. The summed E-state index contributed by atoms with van der Waals surface area (Å²) in [6, 6.07) is 0.961. The number of carbonyl (C=O) groups excluding carboxylic acids is 1. The first-order valence-corrected chi connectivity index (χ1v) is 10.0. The molecule has 2 aliphatic heterocycles. The lowest BCUT2D eigenvalue weighted by Gasteiger charge is -2.28. The van der Waals surface area contributed by atoms with Crippen LogP contribution in [-0.2, 0) is 11.3 Å². The lowest BCUT2D eigenvalue weighted by molar-refractivity contribution is -0.200. The number of piperidine rings is 1. The van der Waals surface area contributed by atoms with Gasteiger partial charge in [-0.3, -0.25) is 9.36 Å². The van der Waals surface area contributed by atoms with Gasteiger partial charge >= 0.3 is 17.8 Å². The molecule has 1 unspecified atom stereocenters. The number of benzene rings is 1. The van der Waals surface area contributed by atoms with Crippen molar-refractivity contribution in [3.05, 3.63) is 32.7 Å². The molecule has 0 amide bonds. The van der Waals surface area contributed by atoms with E-state index < -0.39 is 29.2 Å². The quantitative estimate of drug-likeness (QED) is 0.664. The van der Waals surface area contributed by atoms with Crippen LogP contribution in [0.1, 0.15) is 0 Å². The van der Waals surface area contributed by atoms with Gasteiger partial charge in [0.2, 0.25) is 0 Å². The minimum Gasteiger partial charge on any atom is -0.367 e. The third kappa shape index (κ3) is 2.68. The number of nitrogens with zero attached hydrogens (tertiary/aromatic N) is 3. The van der Waals surface area contributed by atoms with Crippen LogP contribution < -0.4 is 26.7 Å². The van der Waals surface area contributed by atoms with Crippen molar-refractivity contribution in [1.29, 1.82) is 0 Å². The van der Waals surface area contributed by atoms with Crippen molar-refractivity contribution in [2.75, 3.05) is 23.7 Å². The van der Waals surface area contributed by atoms with E-state index in [1.807, 2.05) is 4.90 Å². The lowest BCUT2D eigenvalue weighted by atomic mass is 10.1. The van der Waals surface area contributed by atoms with Gasteiger partial charge in [-0.2, -0.15) is 13.2 Å². The molecule has 5 rings (SSSR count). The molecule has 3 heterocycles. The van der Waals surface area contributed by atoms with E-state index in [1.54, 1.807) is 0 Å². The van der Waals surface area contributed by atoms with Gasteiger partial charge in [0.15, 0.2) is 0 Å². The molecule has 0 bridgehead atoms. The first-order chi connectivity index (χ1) is 14.1. The van der Waals surface area contributed by atoms with Crippen LogP contribution in [0.4, 0.5) is 23.2 Å². The Morgan fingerprint density at radius 2 is 1.90 bits per heavy atom. The van der Waals surface area contributed by atoms with Crippen LogP contribution in [0.25, 0.3) is 10.9 Å². The summed E-state index contributed by atoms with van der Waals surface area (Å²) in [5.74, 6) is -2.61. The third-order valence-corrected chi connectivity index (χ3v) is 6.88. The van der Waals surface area contributed by atoms with Gasteiger partial charge in [-0.15, -0.1) is 11.8 Å². The third-order valence-electron chi connectivity index (χ3n) is 5.82. The fourth-order valence-electron chi connectivity index (χ4n) is 4.29. The van der Waals surface area contributed by atoms with Crippen LogP contribution in [0.15, 0.2) is 20.6 Å². The molecular formula is C17H14F4N4O4S.